The van der Waals surface area contributed by atoms with Crippen molar-refractivity contribution in [2.45, 2.75) is 13.0 Å². The van der Waals surface area contributed by atoms with Gasteiger partial charge in [-0.25, -0.2) is 9.97 Å². The summed E-state index contributed by atoms with van der Waals surface area (Å²) < 4.78 is 7.23. The average Bonchev–Trinajstić information content (AvgIpc) is 3.44. The lowest BCUT2D eigenvalue weighted by Crippen LogP contribution is -2.11. The first-order valence-corrected chi connectivity index (χ1v) is 9.43. The number of aromatic nitrogens is 4. The van der Waals surface area contributed by atoms with Crippen LogP contribution in [0, 0.1) is 0 Å². The van der Waals surface area contributed by atoms with Gasteiger partial charge in [0.1, 0.15) is 12.1 Å². The van der Waals surface area contributed by atoms with Gasteiger partial charge in [-0.05, 0) is 30.7 Å². The van der Waals surface area contributed by atoms with Crippen LogP contribution in [0.4, 0.5) is 5.95 Å². The molecule has 0 saturated heterocycles. The molecule has 0 radical (unpaired) electrons. The number of imidazole rings is 1. The normalized spacial score (nSPS) is 12.2. The summed E-state index contributed by atoms with van der Waals surface area (Å²) in [4.78, 5) is 14.0. The van der Waals surface area contributed by atoms with Crippen LogP contribution in [0.25, 0.3) is 28.1 Å². The summed E-state index contributed by atoms with van der Waals surface area (Å²) in [5, 5.41) is 3.42. The Morgan fingerprint density at radius 1 is 0.966 bits per heavy atom. The Bertz CT molecular complexity index is 1250. The SMILES string of the molecule is C[C@H](Nc1nc(-c2ccoc2)cc(-n2cnc3ccccc32)n1)c1ccccc1. The topological polar surface area (TPSA) is 68.8 Å². The van der Waals surface area contributed by atoms with Crippen LogP contribution in [0.1, 0.15) is 18.5 Å². The molecule has 3 heterocycles. The second-order valence-electron chi connectivity index (χ2n) is 6.83. The van der Waals surface area contributed by atoms with Gasteiger partial charge in [0, 0.05) is 11.6 Å². The van der Waals surface area contributed by atoms with E-state index in [0.29, 0.717) is 5.95 Å². The first kappa shape index (κ1) is 17.2. The number of fused-ring (bicyclic) bond motifs is 1. The molecule has 0 amide bonds. The van der Waals surface area contributed by atoms with Crippen molar-refractivity contribution in [3.05, 3.63) is 91.1 Å². The third kappa shape index (κ3) is 3.36. The highest BCUT2D eigenvalue weighted by atomic mass is 16.3. The molecule has 0 aliphatic carbocycles. The molecule has 0 saturated carbocycles. The van der Waals surface area contributed by atoms with Gasteiger partial charge in [-0.2, -0.15) is 4.98 Å². The highest BCUT2D eigenvalue weighted by molar-refractivity contribution is 5.77. The molecule has 0 aliphatic heterocycles. The van der Waals surface area contributed by atoms with Crippen molar-refractivity contribution in [1.82, 2.24) is 19.5 Å². The predicted octanol–water partition coefficient (Wildman–Crippen LogP) is 5.25. The number of furan rings is 1. The highest BCUT2D eigenvalue weighted by Gasteiger charge is 2.14. The van der Waals surface area contributed by atoms with Gasteiger partial charge < -0.3 is 9.73 Å². The minimum absolute atomic E-state index is 0.0585. The van der Waals surface area contributed by atoms with E-state index in [0.717, 1.165) is 28.1 Å². The zero-order valence-electron chi connectivity index (χ0n) is 15.9. The predicted molar refractivity (Wildman–Crippen MR) is 113 cm³/mol. The number of benzene rings is 2. The first-order chi connectivity index (χ1) is 14.3. The highest BCUT2D eigenvalue weighted by Crippen LogP contribution is 2.25. The fraction of sp³-hybridized carbons (Fsp3) is 0.0870. The van der Waals surface area contributed by atoms with Crippen molar-refractivity contribution < 1.29 is 4.42 Å². The average molecular weight is 381 g/mol. The largest absolute Gasteiger partial charge is 0.472 e. The second-order valence-corrected chi connectivity index (χ2v) is 6.83. The number of rotatable bonds is 5. The number of nitrogens with zero attached hydrogens (tertiary/aromatic N) is 4. The summed E-state index contributed by atoms with van der Waals surface area (Å²) in [6, 6.07) is 22.1. The summed E-state index contributed by atoms with van der Waals surface area (Å²) in [5.74, 6) is 1.29. The van der Waals surface area contributed by atoms with Crippen LogP contribution in [0.2, 0.25) is 0 Å². The molecule has 1 N–H and O–H groups in total. The maximum atomic E-state index is 5.26. The van der Waals surface area contributed by atoms with Crippen LogP contribution in [0.5, 0.6) is 0 Å². The standard InChI is InChI=1S/C23H19N5O/c1-16(17-7-3-2-4-8-17)25-23-26-20(18-11-12-29-14-18)13-22(27-23)28-15-24-19-9-5-6-10-21(19)28/h2-16H,1H3,(H,25,26,27)/t16-/m0/s1. The van der Waals surface area contributed by atoms with Gasteiger partial charge in [-0.15, -0.1) is 0 Å². The lowest BCUT2D eigenvalue weighted by Gasteiger charge is -2.16. The molecule has 6 nitrogen and oxygen atoms in total. The van der Waals surface area contributed by atoms with E-state index in [1.54, 1.807) is 18.9 Å². The molecule has 3 aromatic heterocycles. The Hall–Kier alpha value is -3.93. The molecule has 2 aromatic carbocycles. The number of nitrogens with one attached hydrogen (secondary N) is 1. The van der Waals surface area contributed by atoms with Gasteiger partial charge >= 0.3 is 0 Å². The van der Waals surface area contributed by atoms with Gasteiger partial charge in [0.15, 0.2) is 0 Å². The molecule has 0 fully saturated rings. The van der Waals surface area contributed by atoms with Crippen molar-refractivity contribution in [3.63, 3.8) is 0 Å². The van der Waals surface area contributed by atoms with E-state index >= 15 is 0 Å². The van der Waals surface area contributed by atoms with E-state index in [1.165, 1.54) is 5.56 Å². The Balaban J connectivity index is 1.60. The van der Waals surface area contributed by atoms with E-state index in [-0.39, 0.29) is 6.04 Å². The zero-order valence-corrected chi connectivity index (χ0v) is 15.9. The van der Waals surface area contributed by atoms with E-state index < -0.39 is 0 Å². The van der Waals surface area contributed by atoms with Gasteiger partial charge in [0.05, 0.1) is 35.3 Å². The lowest BCUT2D eigenvalue weighted by atomic mass is 10.1. The molecule has 0 unspecified atom stereocenters. The Kier molecular flexibility index (Phi) is 4.29. The fourth-order valence-electron chi connectivity index (χ4n) is 3.34. The monoisotopic (exact) mass is 381 g/mol. The zero-order chi connectivity index (χ0) is 19.6. The van der Waals surface area contributed by atoms with E-state index in [1.807, 2.05) is 59.2 Å². The van der Waals surface area contributed by atoms with Crippen molar-refractivity contribution in [3.8, 4) is 17.1 Å². The minimum Gasteiger partial charge on any atom is -0.472 e. The van der Waals surface area contributed by atoms with E-state index in [4.69, 9.17) is 14.4 Å². The van der Waals surface area contributed by atoms with E-state index in [2.05, 4.69) is 29.4 Å². The van der Waals surface area contributed by atoms with Crippen LogP contribution in [0.15, 0.2) is 90.0 Å². The summed E-state index contributed by atoms with van der Waals surface area (Å²) >= 11 is 0. The second kappa shape index (κ2) is 7.24. The van der Waals surface area contributed by atoms with E-state index in [9.17, 15) is 0 Å². The Morgan fingerprint density at radius 2 is 1.79 bits per heavy atom. The molecular formula is C23H19N5O. The number of hydrogen-bond acceptors (Lipinski definition) is 5. The molecule has 5 rings (SSSR count). The molecule has 6 heteroatoms. The number of para-hydroxylation sites is 2. The first-order valence-electron chi connectivity index (χ1n) is 9.43. The summed E-state index contributed by atoms with van der Waals surface area (Å²) in [7, 11) is 0. The summed E-state index contributed by atoms with van der Waals surface area (Å²) in [5.41, 5.74) is 4.76. The van der Waals surface area contributed by atoms with Crippen molar-refractivity contribution in [2.24, 2.45) is 0 Å². The Labute approximate surface area is 167 Å². The third-order valence-corrected chi connectivity index (χ3v) is 4.88. The van der Waals surface area contributed by atoms with Crippen LogP contribution in [-0.4, -0.2) is 19.5 Å². The van der Waals surface area contributed by atoms with Crippen LogP contribution in [-0.2, 0) is 0 Å². The lowest BCUT2D eigenvalue weighted by molar-refractivity contribution is 0.568. The minimum atomic E-state index is 0.0585. The van der Waals surface area contributed by atoms with Crippen LogP contribution < -0.4 is 5.32 Å². The molecule has 0 spiro atoms. The maximum absolute atomic E-state index is 5.26. The Morgan fingerprint density at radius 3 is 2.62 bits per heavy atom. The molecule has 0 bridgehead atoms. The smallest absolute Gasteiger partial charge is 0.225 e. The van der Waals surface area contributed by atoms with Gasteiger partial charge in [-0.3, -0.25) is 4.57 Å². The summed E-state index contributed by atoms with van der Waals surface area (Å²) in [6.45, 7) is 2.09. The van der Waals surface area contributed by atoms with Gasteiger partial charge in [0.25, 0.3) is 0 Å². The van der Waals surface area contributed by atoms with Gasteiger partial charge in [0.2, 0.25) is 5.95 Å². The fourth-order valence-corrected chi connectivity index (χ4v) is 3.34. The van der Waals surface area contributed by atoms with Crippen molar-refractivity contribution >= 4 is 17.0 Å². The molecule has 5 aromatic rings. The van der Waals surface area contributed by atoms with Crippen molar-refractivity contribution in [1.29, 1.82) is 0 Å². The van der Waals surface area contributed by atoms with Crippen LogP contribution in [0.3, 0.4) is 0 Å². The van der Waals surface area contributed by atoms with Crippen molar-refractivity contribution in [2.75, 3.05) is 5.32 Å². The third-order valence-electron chi connectivity index (χ3n) is 4.88. The molecule has 29 heavy (non-hydrogen) atoms. The van der Waals surface area contributed by atoms with Gasteiger partial charge in [-0.1, -0.05) is 42.5 Å². The maximum Gasteiger partial charge on any atom is 0.225 e. The molecule has 1 atom stereocenters. The molecule has 142 valence electrons. The quantitative estimate of drug-likeness (QED) is 0.450. The molecule has 0 aliphatic rings. The molecular weight excluding hydrogens is 362 g/mol. The number of hydrogen-bond donors (Lipinski definition) is 1. The van der Waals surface area contributed by atoms with Crippen LogP contribution >= 0.6 is 0 Å². The summed E-state index contributed by atoms with van der Waals surface area (Å²) in [6.07, 6.45) is 5.11. The number of anilines is 1.